The average Bonchev–Trinajstić information content (AvgIpc) is 3.45. The highest BCUT2D eigenvalue weighted by Gasteiger charge is 2.28. The molecule has 1 aliphatic carbocycles. The fourth-order valence-electron chi connectivity index (χ4n) is 3.54. The minimum absolute atomic E-state index is 0.264. The summed E-state index contributed by atoms with van der Waals surface area (Å²) < 4.78 is 15.8. The van der Waals surface area contributed by atoms with Crippen molar-refractivity contribution in [1.29, 1.82) is 0 Å². The first-order valence-electron chi connectivity index (χ1n) is 9.24. The standard InChI is InChI=1S/C21H16FN5OS/c22-14-7-1-2-10-18(14)27-19(13-6-5-9-15(13)26-27)20(28)25-21-24-17(12-29-21)16-8-3-4-11-23-16/h1-4,7-8,10-12H,5-6,9H2,(H,24,25,28). The molecule has 0 aliphatic heterocycles. The topological polar surface area (TPSA) is 72.7 Å². The number of carbonyl (C=O) groups is 1. The van der Waals surface area contributed by atoms with Gasteiger partial charge in [0.15, 0.2) is 5.13 Å². The molecular formula is C21H16FN5OS. The highest BCUT2D eigenvalue weighted by Crippen LogP contribution is 2.29. The molecule has 3 heterocycles. The van der Waals surface area contributed by atoms with E-state index in [0.29, 0.717) is 16.5 Å². The molecule has 1 aliphatic rings. The van der Waals surface area contributed by atoms with Crippen molar-refractivity contribution in [2.24, 2.45) is 0 Å². The lowest BCUT2D eigenvalue weighted by Gasteiger charge is -2.09. The summed E-state index contributed by atoms with van der Waals surface area (Å²) in [6, 6.07) is 11.9. The summed E-state index contributed by atoms with van der Waals surface area (Å²) in [5.41, 5.74) is 3.80. The molecule has 1 N–H and O–H groups in total. The molecule has 144 valence electrons. The number of aryl methyl sites for hydroxylation is 1. The van der Waals surface area contributed by atoms with Gasteiger partial charge in [-0.25, -0.2) is 14.1 Å². The second kappa shape index (κ2) is 7.21. The first-order valence-corrected chi connectivity index (χ1v) is 10.1. The van der Waals surface area contributed by atoms with Gasteiger partial charge >= 0.3 is 0 Å². The van der Waals surface area contributed by atoms with Gasteiger partial charge in [-0.15, -0.1) is 11.3 Å². The lowest BCUT2D eigenvalue weighted by Crippen LogP contribution is -2.19. The predicted molar refractivity (Wildman–Crippen MR) is 109 cm³/mol. The van der Waals surface area contributed by atoms with E-state index >= 15 is 0 Å². The summed E-state index contributed by atoms with van der Waals surface area (Å²) in [7, 11) is 0. The Bertz CT molecular complexity index is 1200. The predicted octanol–water partition coefficient (Wildman–Crippen LogP) is 4.27. The Morgan fingerprint density at radius 1 is 1.10 bits per heavy atom. The molecule has 3 aromatic heterocycles. The van der Waals surface area contributed by atoms with E-state index in [-0.39, 0.29) is 11.6 Å². The lowest BCUT2D eigenvalue weighted by molar-refractivity contribution is 0.101. The largest absolute Gasteiger partial charge is 0.296 e. The Hall–Kier alpha value is -3.39. The number of fused-ring (bicyclic) bond motifs is 1. The number of rotatable bonds is 4. The number of carbonyl (C=O) groups excluding carboxylic acids is 1. The van der Waals surface area contributed by atoms with Crippen LogP contribution >= 0.6 is 11.3 Å². The van der Waals surface area contributed by atoms with Gasteiger partial charge in [0, 0.05) is 17.1 Å². The van der Waals surface area contributed by atoms with Gasteiger partial charge in [0.1, 0.15) is 22.9 Å². The first-order chi connectivity index (χ1) is 14.2. The van der Waals surface area contributed by atoms with Crippen LogP contribution < -0.4 is 5.32 Å². The van der Waals surface area contributed by atoms with Crippen LogP contribution in [0.15, 0.2) is 54.0 Å². The quantitative estimate of drug-likeness (QED) is 0.550. The highest BCUT2D eigenvalue weighted by atomic mass is 32.1. The van der Waals surface area contributed by atoms with Crippen LogP contribution in [0.5, 0.6) is 0 Å². The fraction of sp³-hybridized carbons (Fsp3) is 0.143. The van der Waals surface area contributed by atoms with Crippen LogP contribution in [0.3, 0.4) is 0 Å². The van der Waals surface area contributed by atoms with Crippen LogP contribution in [0.1, 0.15) is 28.2 Å². The summed E-state index contributed by atoms with van der Waals surface area (Å²) in [4.78, 5) is 21.9. The molecule has 0 fully saturated rings. The van der Waals surface area contributed by atoms with Crippen molar-refractivity contribution < 1.29 is 9.18 Å². The van der Waals surface area contributed by atoms with Gasteiger partial charge in [0.25, 0.3) is 5.91 Å². The Labute approximate surface area is 170 Å². The van der Waals surface area contributed by atoms with Crippen molar-refractivity contribution in [1.82, 2.24) is 19.7 Å². The van der Waals surface area contributed by atoms with Crippen LogP contribution in [0.4, 0.5) is 9.52 Å². The molecule has 0 saturated heterocycles. The Morgan fingerprint density at radius 2 is 1.97 bits per heavy atom. The van der Waals surface area contributed by atoms with E-state index in [1.165, 1.54) is 22.1 Å². The van der Waals surface area contributed by atoms with E-state index in [4.69, 9.17) is 0 Å². The van der Waals surface area contributed by atoms with Crippen LogP contribution in [0.25, 0.3) is 17.1 Å². The van der Waals surface area contributed by atoms with Gasteiger partial charge in [0.2, 0.25) is 0 Å². The number of para-hydroxylation sites is 1. The van der Waals surface area contributed by atoms with E-state index in [1.54, 1.807) is 24.4 Å². The van der Waals surface area contributed by atoms with E-state index in [1.807, 2.05) is 23.6 Å². The number of benzene rings is 1. The number of halogens is 1. The minimum atomic E-state index is -0.422. The number of pyridine rings is 1. The molecule has 0 atom stereocenters. The van der Waals surface area contributed by atoms with Crippen molar-refractivity contribution in [3.63, 3.8) is 0 Å². The number of thiazole rings is 1. The maximum atomic E-state index is 14.4. The average molecular weight is 405 g/mol. The molecular weight excluding hydrogens is 389 g/mol. The molecule has 0 radical (unpaired) electrons. The van der Waals surface area contributed by atoms with Gasteiger partial charge < -0.3 is 0 Å². The maximum Gasteiger partial charge on any atom is 0.276 e. The van der Waals surface area contributed by atoms with Crippen molar-refractivity contribution in [3.05, 3.63) is 76.8 Å². The van der Waals surface area contributed by atoms with Crippen LogP contribution in [0.2, 0.25) is 0 Å². The molecule has 0 bridgehead atoms. The van der Waals surface area contributed by atoms with Crippen molar-refractivity contribution in [2.45, 2.75) is 19.3 Å². The van der Waals surface area contributed by atoms with Crippen molar-refractivity contribution in [3.8, 4) is 17.1 Å². The third kappa shape index (κ3) is 3.21. The minimum Gasteiger partial charge on any atom is -0.296 e. The smallest absolute Gasteiger partial charge is 0.276 e. The van der Waals surface area contributed by atoms with E-state index < -0.39 is 5.82 Å². The number of anilines is 1. The molecule has 5 rings (SSSR count). The molecule has 0 unspecified atom stereocenters. The molecule has 6 nitrogen and oxygen atoms in total. The van der Waals surface area contributed by atoms with Crippen molar-refractivity contribution >= 4 is 22.4 Å². The Balaban J connectivity index is 1.49. The second-order valence-electron chi connectivity index (χ2n) is 6.70. The Morgan fingerprint density at radius 3 is 2.79 bits per heavy atom. The number of hydrogen-bond donors (Lipinski definition) is 1. The number of aromatic nitrogens is 4. The van der Waals surface area contributed by atoms with E-state index in [2.05, 4.69) is 20.4 Å². The maximum absolute atomic E-state index is 14.4. The normalized spacial score (nSPS) is 12.7. The molecule has 0 saturated carbocycles. The van der Waals surface area contributed by atoms with Gasteiger partial charge in [-0.3, -0.25) is 15.1 Å². The van der Waals surface area contributed by atoms with Crippen molar-refractivity contribution in [2.75, 3.05) is 5.32 Å². The zero-order chi connectivity index (χ0) is 19.8. The number of amides is 1. The van der Waals surface area contributed by atoms with E-state index in [9.17, 15) is 9.18 Å². The lowest BCUT2D eigenvalue weighted by atomic mass is 10.2. The van der Waals surface area contributed by atoms with Crippen LogP contribution in [0, 0.1) is 5.82 Å². The van der Waals surface area contributed by atoms with Gasteiger partial charge in [-0.1, -0.05) is 18.2 Å². The molecule has 8 heteroatoms. The Kier molecular flexibility index (Phi) is 4.40. The zero-order valence-electron chi connectivity index (χ0n) is 15.3. The number of nitrogens with zero attached hydrogens (tertiary/aromatic N) is 4. The van der Waals surface area contributed by atoms with E-state index in [0.717, 1.165) is 36.2 Å². The summed E-state index contributed by atoms with van der Waals surface area (Å²) in [5, 5.41) is 9.68. The van der Waals surface area contributed by atoms with Gasteiger partial charge in [-0.2, -0.15) is 5.10 Å². The summed E-state index contributed by atoms with van der Waals surface area (Å²) in [6.07, 6.45) is 4.18. The third-order valence-electron chi connectivity index (χ3n) is 4.85. The molecule has 0 spiro atoms. The second-order valence-corrected chi connectivity index (χ2v) is 7.56. The van der Waals surface area contributed by atoms with Crippen LogP contribution in [-0.4, -0.2) is 25.7 Å². The monoisotopic (exact) mass is 405 g/mol. The molecule has 4 aromatic rings. The zero-order valence-corrected chi connectivity index (χ0v) is 16.1. The number of hydrogen-bond acceptors (Lipinski definition) is 5. The fourth-order valence-corrected chi connectivity index (χ4v) is 4.24. The molecule has 1 aromatic carbocycles. The van der Waals surface area contributed by atoms with Gasteiger partial charge in [0.05, 0.1) is 11.4 Å². The first kappa shape index (κ1) is 17.7. The van der Waals surface area contributed by atoms with Gasteiger partial charge in [-0.05, 0) is 43.5 Å². The molecule has 29 heavy (non-hydrogen) atoms. The summed E-state index contributed by atoms with van der Waals surface area (Å²) in [6.45, 7) is 0. The van der Waals surface area contributed by atoms with Crippen LogP contribution in [-0.2, 0) is 12.8 Å². The summed E-state index contributed by atoms with van der Waals surface area (Å²) >= 11 is 1.32. The number of nitrogens with one attached hydrogen (secondary N) is 1. The molecule has 1 amide bonds. The third-order valence-corrected chi connectivity index (χ3v) is 5.61. The summed E-state index contributed by atoms with van der Waals surface area (Å²) in [5.74, 6) is -0.764. The highest BCUT2D eigenvalue weighted by molar-refractivity contribution is 7.14. The SMILES string of the molecule is O=C(Nc1nc(-c2ccccn2)cs1)c1c2c(nn1-c1ccccc1F)CCC2.